The van der Waals surface area contributed by atoms with E-state index in [0.717, 1.165) is 31.6 Å². The molecule has 1 aliphatic rings. The lowest BCUT2D eigenvalue weighted by atomic mass is 10.0. The predicted molar refractivity (Wildman–Crippen MR) is 94.7 cm³/mol. The Hall–Kier alpha value is -2.71. The minimum atomic E-state index is -0.694. The third kappa shape index (κ3) is 4.90. The molecule has 1 unspecified atom stereocenters. The highest BCUT2D eigenvalue weighted by Gasteiger charge is 2.15. The minimum Gasteiger partial charge on any atom is -0.381 e. The van der Waals surface area contributed by atoms with Crippen LogP contribution in [0.25, 0.3) is 0 Å². The van der Waals surface area contributed by atoms with Gasteiger partial charge in [0.1, 0.15) is 11.6 Å². The van der Waals surface area contributed by atoms with Crippen molar-refractivity contribution in [2.75, 3.05) is 19.8 Å². The number of hydrogen-bond donors (Lipinski definition) is 1. The molecule has 1 amide bonds. The molecule has 1 heterocycles. The third-order valence-corrected chi connectivity index (χ3v) is 4.23. The van der Waals surface area contributed by atoms with Crippen LogP contribution >= 0.6 is 0 Å². The molecule has 1 fully saturated rings. The zero-order chi connectivity index (χ0) is 18.4. The van der Waals surface area contributed by atoms with Gasteiger partial charge in [0, 0.05) is 30.3 Å². The van der Waals surface area contributed by atoms with Crippen LogP contribution < -0.4 is 5.32 Å². The van der Waals surface area contributed by atoms with E-state index in [2.05, 4.69) is 17.2 Å². The van der Waals surface area contributed by atoms with Crippen molar-refractivity contribution in [1.29, 1.82) is 0 Å². The smallest absolute Gasteiger partial charge is 0.251 e. The van der Waals surface area contributed by atoms with E-state index in [1.165, 1.54) is 6.07 Å². The van der Waals surface area contributed by atoms with Crippen molar-refractivity contribution in [3.63, 3.8) is 0 Å². The number of halogens is 2. The third-order valence-electron chi connectivity index (χ3n) is 4.23. The number of hydrogen-bond acceptors (Lipinski definition) is 2. The van der Waals surface area contributed by atoms with Gasteiger partial charge in [-0.05, 0) is 55.2 Å². The summed E-state index contributed by atoms with van der Waals surface area (Å²) in [7, 11) is 0. The zero-order valence-electron chi connectivity index (χ0n) is 14.2. The molecular formula is C21H19F2NO2. The topological polar surface area (TPSA) is 38.3 Å². The van der Waals surface area contributed by atoms with Crippen molar-refractivity contribution >= 4 is 5.91 Å². The summed E-state index contributed by atoms with van der Waals surface area (Å²) in [4.78, 5) is 12.2. The summed E-state index contributed by atoms with van der Waals surface area (Å²) in [5.41, 5.74) is 1.31. The number of amides is 1. The molecule has 1 atom stereocenters. The van der Waals surface area contributed by atoms with Crippen molar-refractivity contribution in [1.82, 2.24) is 5.32 Å². The summed E-state index contributed by atoms with van der Waals surface area (Å²) >= 11 is 0. The van der Waals surface area contributed by atoms with E-state index in [-0.39, 0.29) is 11.5 Å². The highest BCUT2D eigenvalue weighted by atomic mass is 19.1. The largest absolute Gasteiger partial charge is 0.381 e. The van der Waals surface area contributed by atoms with E-state index in [1.807, 2.05) is 0 Å². The van der Waals surface area contributed by atoms with Gasteiger partial charge in [-0.15, -0.1) is 0 Å². The zero-order valence-corrected chi connectivity index (χ0v) is 14.2. The van der Waals surface area contributed by atoms with Crippen LogP contribution in [0.5, 0.6) is 0 Å². The Balaban J connectivity index is 1.59. The van der Waals surface area contributed by atoms with Gasteiger partial charge in [0.25, 0.3) is 5.91 Å². The molecule has 134 valence electrons. The number of benzene rings is 2. The fourth-order valence-corrected chi connectivity index (χ4v) is 2.74. The molecule has 1 N–H and O–H groups in total. The van der Waals surface area contributed by atoms with Gasteiger partial charge in [0.2, 0.25) is 0 Å². The fraction of sp³-hybridized carbons (Fsp3) is 0.286. The maximum atomic E-state index is 13.6. The first-order chi connectivity index (χ1) is 12.6. The van der Waals surface area contributed by atoms with Gasteiger partial charge in [0.15, 0.2) is 0 Å². The van der Waals surface area contributed by atoms with Crippen molar-refractivity contribution in [2.24, 2.45) is 5.92 Å². The summed E-state index contributed by atoms with van der Waals surface area (Å²) < 4.78 is 31.8. The van der Waals surface area contributed by atoms with Crippen molar-refractivity contribution in [2.45, 2.75) is 12.8 Å². The molecule has 0 saturated carbocycles. The molecule has 0 aromatic heterocycles. The molecule has 0 aliphatic carbocycles. The van der Waals surface area contributed by atoms with E-state index >= 15 is 0 Å². The summed E-state index contributed by atoms with van der Waals surface area (Å²) in [5, 5.41) is 2.92. The van der Waals surface area contributed by atoms with E-state index in [9.17, 15) is 13.6 Å². The summed E-state index contributed by atoms with van der Waals surface area (Å²) in [6.45, 7) is 2.09. The number of rotatable bonds is 3. The normalized spacial score (nSPS) is 16.5. The van der Waals surface area contributed by atoms with Crippen LogP contribution in [0.2, 0.25) is 0 Å². The molecule has 0 bridgehead atoms. The van der Waals surface area contributed by atoms with Crippen molar-refractivity contribution in [3.8, 4) is 11.8 Å². The lowest BCUT2D eigenvalue weighted by Gasteiger charge is -2.22. The monoisotopic (exact) mass is 355 g/mol. The summed E-state index contributed by atoms with van der Waals surface area (Å²) in [6, 6.07) is 10.0. The molecular weight excluding hydrogens is 336 g/mol. The van der Waals surface area contributed by atoms with Crippen LogP contribution in [0.15, 0.2) is 42.5 Å². The van der Waals surface area contributed by atoms with Crippen LogP contribution in [-0.2, 0) is 4.74 Å². The molecule has 5 heteroatoms. The second-order valence-electron chi connectivity index (χ2n) is 6.24. The molecule has 1 aliphatic heterocycles. The van der Waals surface area contributed by atoms with E-state index in [0.29, 0.717) is 30.2 Å². The Morgan fingerprint density at radius 1 is 1.15 bits per heavy atom. The first kappa shape index (κ1) is 18.1. The molecule has 3 rings (SSSR count). The molecule has 2 aromatic carbocycles. The SMILES string of the molecule is O=C(NCC1CCCOC1)c1ccc(C#Cc2ccc(F)cc2F)cc1. The van der Waals surface area contributed by atoms with Gasteiger partial charge >= 0.3 is 0 Å². The molecule has 0 radical (unpaired) electrons. The van der Waals surface area contributed by atoms with Gasteiger partial charge in [-0.1, -0.05) is 11.8 Å². The van der Waals surface area contributed by atoms with Gasteiger partial charge in [-0.25, -0.2) is 8.78 Å². The highest BCUT2D eigenvalue weighted by Crippen LogP contribution is 2.13. The Kier molecular flexibility index (Phi) is 5.98. The first-order valence-electron chi connectivity index (χ1n) is 8.55. The Labute approximate surface area is 151 Å². The maximum absolute atomic E-state index is 13.6. The molecule has 2 aromatic rings. The van der Waals surface area contributed by atoms with Gasteiger partial charge < -0.3 is 10.1 Å². The van der Waals surface area contributed by atoms with Crippen molar-refractivity contribution in [3.05, 3.63) is 70.8 Å². The lowest BCUT2D eigenvalue weighted by molar-refractivity contribution is 0.0536. The Bertz CT molecular complexity index is 831. The average Bonchev–Trinajstić information content (AvgIpc) is 2.67. The van der Waals surface area contributed by atoms with Gasteiger partial charge in [-0.3, -0.25) is 4.79 Å². The second-order valence-corrected chi connectivity index (χ2v) is 6.24. The number of carbonyl (C=O) groups excluding carboxylic acids is 1. The summed E-state index contributed by atoms with van der Waals surface area (Å²) in [6.07, 6.45) is 2.09. The Morgan fingerprint density at radius 3 is 2.65 bits per heavy atom. The summed E-state index contributed by atoms with van der Waals surface area (Å²) in [5.74, 6) is 4.37. The quantitative estimate of drug-likeness (QED) is 0.856. The van der Waals surface area contributed by atoms with Gasteiger partial charge in [-0.2, -0.15) is 0 Å². The minimum absolute atomic E-state index is 0.128. The second kappa shape index (κ2) is 8.59. The van der Waals surface area contributed by atoms with E-state index in [1.54, 1.807) is 24.3 Å². The van der Waals surface area contributed by atoms with Crippen LogP contribution in [0.1, 0.15) is 34.3 Å². The van der Waals surface area contributed by atoms with Crippen LogP contribution in [0, 0.1) is 29.4 Å². The number of nitrogens with one attached hydrogen (secondary N) is 1. The molecule has 1 saturated heterocycles. The van der Waals surface area contributed by atoms with Crippen LogP contribution in [-0.4, -0.2) is 25.7 Å². The molecule has 26 heavy (non-hydrogen) atoms. The van der Waals surface area contributed by atoms with E-state index < -0.39 is 11.6 Å². The van der Waals surface area contributed by atoms with Crippen LogP contribution in [0.4, 0.5) is 8.78 Å². The number of carbonyl (C=O) groups is 1. The van der Waals surface area contributed by atoms with Crippen LogP contribution in [0.3, 0.4) is 0 Å². The predicted octanol–water partition coefficient (Wildman–Crippen LogP) is 3.52. The van der Waals surface area contributed by atoms with Crippen molar-refractivity contribution < 1.29 is 18.3 Å². The fourth-order valence-electron chi connectivity index (χ4n) is 2.74. The molecule has 3 nitrogen and oxygen atoms in total. The number of ether oxygens (including phenoxy) is 1. The van der Waals surface area contributed by atoms with Gasteiger partial charge in [0.05, 0.1) is 12.2 Å². The Morgan fingerprint density at radius 2 is 1.96 bits per heavy atom. The lowest BCUT2D eigenvalue weighted by Crippen LogP contribution is -2.33. The standard InChI is InChI=1S/C21H19F2NO2/c22-19-10-9-17(20(23)12-19)6-3-15-4-7-18(8-5-15)21(25)24-13-16-2-1-11-26-14-16/h4-5,7-10,12,16H,1-2,11,13-14H2,(H,24,25). The average molecular weight is 355 g/mol. The molecule has 0 spiro atoms. The maximum Gasteiger partial charge on any atom is 0.251 e. The highest BCUT2D eigenvalue weighted by molar-refractivity contribution is 5.94. The first-order valence-corrected chi connectivity index (χ1v) is 8.55. The van der Waals surface area contributed by atoms with E-state index in [4.69, 9.17) is 4.74 Å².